The van der Waals surface area contributed by atoms with Gasteiger partial charge in [0.1, 0.15) is 0 Å². The van der Waals surface area contributed by atoms with Crippen molar-refractivity contribution in [2.24, 2.45) is 0 Å². The highest BCUT2D eigenvalue weighted by Crippen LogP contribution is 2.19. The lowest BCUT2D eigenvalue weighted by Gasteiger charge is -2.28. The normalized spacial score (nSPS) is 25.9. The third kappa shape index (κ3) is 3.03. The summed E-state index contributed by atoms with van der Waals surface area (Å²) in [5.74, 6) is 0. The molecule has 3 nitrogen and oxygen atoms in total. The molecule has 16 heavy (non-hydrogen) atoms. The average molecular weight is 240 g/mol. The summed E-state index contributed by atoms with van der Waals surface area (Å²) < 4.78 is 0. The summed E-state index contributed by atoms with van der Waals surface area (Å²) in [4.78, 5) is 4.51. The van der Waals surface area contributed by atoms with Gasteiger partial charge in [-0.3, -0.25) is 0 Å². The van der Waals surface area contributed by atoms with E-state index in [-0.39, 0.29) is 12.1 Å². The van der Waals surface area contributed by atoms with Crippen LogP contribution < -0.4 is 5.32 Å². The van der Waals surface area contributed by atoms with E-state index in [1.54, 1.807) is 11.3 Å². The number of hydrogen-bond acceptors (Lipinski definition) is 4. The van der Waals surface area contributed by atoms with Gasteiger partial charge in [-0.2, -0.15) is 0 Å². The van der Waals surface area contributed by atoms with Crippen molar-refractivity contribution in [2.45, 2.75) is 57.7 Å². The first-order valence-corrected chi connectivity index (χ1v) is 7.02. The molecule has 0 saturated heterocycles. The largest absolute Gasteiger partial charge is 0.392 e. The third-order valence-corrected chi connectivity index (χ3v) is 4.22. The fraction of sp³-hybridized carbons (Fsp3) is 0.750. The minimum absolute atomic E-state index is 0.168. The van der Waals surface area contributed by atoms with Gasteiger partial charge in [-0.15, -0.1) is 11.3 Å². The Balaban J connectivity index is 1.81. The Labute approximate surface area is 101 Å². The molecule has 1 aliphatic carbocycles. The van der Waals surface area contributed by atoms with E-state index in [9.17, 15) is 5.11 Å². The summed E-state index contributed by atoms with van der Waals surface area (Å²) in [6, 6.07) is 0.264. The Morgan fingerprint density at radius 1 is 1.50 bits per heavy atom. The van der Waals surface area contributed by atoms with Gasteiger partial charge in [-0.05, 0) is 19.3 Å². The summed E-state index contributed by atoms with van der Waals surface area (Å²) in [5.41, 5.74) is 1.11. The van der Waals surface area contributed by atoms with Crippen LogP contribution in [-0.2, 0) is 13.0 Å². The fourth-order valence-corrected chi connectivity index (χ4v) is 2.92. The molecule has 0 bridgehead atoms. The van der Waals surface area contributed by atoms with Crippen molar-refractivity contribution in [3.05, 3.63) is 16.1 Å². The van der Waals surface area contributed by atoms with Gasteiger partial charge < -0.3 is 10.4 Å². The first kappa shape index (κ1) is 12.0. The molecule has 2 N–H and O–H groups in total. The number of hydrogen-bond donors (Lipinski definition) is 2. The van der Waals surface area contributed by atoms with Crippen LogP contribution in [0.4, 0.5) is 0 Å². The smallest absolute Gasteiger partial charge is 0.0926 e. The molecule has 2 rings (SSSR count). The van der Waals surface area contributed by atoms with Crippen LogP contribution in [0.2, 0.25) is 0 Å². The standard InChI is InChI=1S/C12H20N2OS/c1-2-12-14-9(8-16-12)7-13-10-5-3-4-6-11(10)15/h8,10-11,13,15H,2-7H2,1H3. The van der Waals surface area contributed by atoms with Crippen LogP contribution in [0.5, 0.6) is 0 Å². The van der Waals surface area contributed by atoms with E-state index in [0.29, 0.717) is 0 Å². The lowest BCUT2D eigenvalue weighted by atomic mass is 9.92. The van der Waals surface area contributed by atoms with Crippen LogP contribution in [0.1, 0.15) is 43.3 Å². The van der Waals surface area contributed by atoms with Crippen molar-refractivity contribution in [3.8, 4) is 0 Å². The van der Waals surface area contributed by atoms with E-state index in [4.69, 9.17) is 0 Å². The number of aryl methyl sites for hydroxylation is 1. The highest BCUT2D eigenvalue weighted by molar-refractivity contribution is 7.09. The van der Waals surface area contributed by atoms with Crippen molar-refractivity contribution in [3.63, 3.8) is 0 Å². The zero-order valence-electron chi connectivity index (χ0n) is 9.78. The molecule has 1 heterocycles. The Bertz CT molecular complexity index is 327. The molecule has 2 unspecified atom stereocenters. The maximum atomic E-state index is 9.82. The second-order valence-corrected chi connectivity index (χ2v) is 5.37. The molecule has 0 spiro atoms. The Morgan fingerprint density at radius 3 is 3.00 bits per heavy atom. The van der Waals surface area contributed by atoms with Gasteiger partial charge in [0, 0.05) is 18.0 Å². The van der Waals surface area contributed by atoms with Gasteiger partial charge in [0.05, 0.1) is 16.8 Å². The molecule has 1 aromatic rings. The molecule has 2 atom stereocenters. The molecular weight excluding hydrogens is 220 g/mol. The van der Waals surface area contributed by atoms with Crippen LogP contribution in [0.25, 0.3) is 0 Å². The molecule has 1 aliphatic rings. The van der Waals surface area contributed by atoms with Gasteiger partial charge in [-0.25, -0.2) is 4.98 Å². The second kappa shape index (κ2) is 5.75. The molecule has 0 amide bonds. The van der Waals surface area contributed by atoms with E-state index < -0.39 is 0 Å². The maximum absolute atomic E-state index is 9.82. The second-order valence-electron chi connectivity index (χ2n) is 4.43. The van der Waals surface area contributed by atoms with E-state index in [1.165, 1.54) is 11.4 Å². The molecule has 1 saturated carbocycles. The topological polar surface area (TPSA) is 45.2 Å². The quantitative estimate of drug-likeness (QED) is 0.847. The first-order chi connectivity index (χ1) is 7.79. The van der Waals surface area contributed by atoms with Crippen LogP contribution in [0, 0.1) is 0 Å². The van der Waals surface area contributed by atoms with E-state index in [1.807, 2.05) is 0 Å². The molecule has 0 aliphatic heterocycles. The van der Waals surface area contributed by atoms with Crippen LogP contribution >= 0.6 is 11.3 Å². The maximum Gasteiger partial charge on any atom is 0.0926 e. The third-order valence-electron chi connectivity index (χ3n) is 3.18. The summed E-state index contributed by atoms with van der Waals surface area (Å²) in [6.07, 6.45) is 5.26. The molecule has 1 aromatic heterocycles. The van der Waals surface area contributed by atoms with Gasteiger partial charge in [-0.1, -0.05) is 19.8 Å². The molecular formula is C12H20N2OS. The number of rotatable bonds is 4. The van der Waals surface area contributed by atoms with Crippen molar-refractivity contribution in [1.82, 2.24) is 10.3 Å². The van der Waals surface area contributed by atoms with E-state index in [0.717, 1.165) is 37.9 Å². The summed E-state index contributed by atoms with van der Waals surface area (Å²) >= 11 is 1.72. The Hall–Kier alpha value is -0.450. The molecule has 0 radical (unpaired) electrons. The summed E-state index contributed by atoms with van der Waals surface area (Å²) in [6.45, 7) is 2.92. The number of thiazole rings is 1. The Morgan fingerprint density at radius 2 is 2.31 bits per heavy atom. The average Bonchev–Trinajstić information content (AvgIpc) is 2.76. The highest BCUT2D eigenvalue weighted by Gasteiger charge is 2.22. The SMILES string of the molecule is CCc1nc(CNC2CCCCC2O)cs1. The van der Waals surface area contributed by atoms with Crippen LogP contribution in [-0.4, -0.2) is 22.2 Å². The summed E-state index contributed by atoms with van der Waals surface area (Å²) in [7, 11) is 0. The zero-order valence-corrected chi connectivity index (χ0v) is 10.6. The van der Waals surface area contributed by atoms with Gasteiger partial charge >= 0.3 is 0 Å². The number of nitrogens with zero attached hydrogens (tertiary/aromatic N) is 1. The minimum Gasteiger partial charge on any atom is -0.392 e. The minimum atomic E-state index is -0.168. The van der Waals surface area contributed by atoms with E-state index in [2.05, 4.69) is 22.6 Å². The lowest BCUT2D eigenvalue weighted by molar-refractivity contribution is 0.0901. The van der Waals surface area contributed by atoms with Gasteiger partial charge in [0.2, 0.25) is 0 Å². The predicted molar refractivity (Wildman–Crippen MR) is 66.6 cm³/mol. The number of aliphatic hydroxyl groups excluding tert-OH is 1. The summed E-state index contributed by atoms with van der Waals surface area (Å²) in [5, 5.41) is 16.5. The highest BCUT2D eigenvalue weighted by atomic mass is 32.1. The Kier molecular flexibility index (Phi) is 4.32. The predicted octanol–water partition coefficient (Wildman–Crippen LogP) is 2.10. The zero-order chi connectivity index (χ0) is 11.4. The van der Waals surface area contributed by atoms with Gasteiger partial charge in [0.25, 0.3) is 0 Å². The number of aromatic nitrogens is 1. The molecule has 4 heteroatoms. The van der Waals surface area contributed by atoms with Crippen LogP contribution in [0.3, 0.4) is 0 Å². The van der Waals surface area contributed by atoms with Gasteiger partial charge in [0.15, 0.2) is 0 Å². The molecule has 0 aromatic carbocycles. The van der Waals surface area contributed by atoms with Crippen molar-refractivity contribution in [1.29, 1.82) is 0 Å². The fourth-order valence-electron chi connectivity index (χ4n) is 2.18. The lowest BCUT2D eigenvalue weighted by Crippen LogP contribution is -2.41. The van der Waals surface area contributed by atoms with Crippen molar-refractivity contribution in [2.75, 3.05) is 0 Å². The first-order valence-electron chi connectivity index (χ1n) is 6.14. The van der Waals surface area contributed by atoms with Crippen molar-refractivity contribution >= 4 is 11.3 Å². The van der Waals surface area contributed by atoms with Crippen molar-refractivity contribution < 1.29 is 5.11 Å². The molecule has 90 valence electrons. The number of nitrogens with one attached hydrogen (secondary N) is 1. The van der Waals surface area contributed by atoms with Crippen LogP contribution in [0.15, 0.2) is 5.38 Å². The number of aliphatic hydroxyl groups is 1. The monoisotopic (exact) mass is 240 g/mol. The molecule has 1 fully saturated rings. The van der Waals surface area contributed by atoms with E-state index >= 15 is 0 Å².